The highest BCUT2D eigenvalue weighted by Gasteiger charge is 2.29. The van der Waals surface area contributed by atoms with Gasteiger partial charge in [-0.1, -0.05) is 5.21 Å². The van der Waals surface area contributed by atoms with Crippen molar-refractivity contribution in [3.05, 3.63) is 41.5 Å². The van der Waals surface area contributed by atoms with Gasteiger partial charge in [0.1, 0.15) is 17.1 Å². The quantitative estimate of drug-likeness (QED) is 0.488. The molecule has 0 bridgehead atoms. The van der Waals surface area contributed by atoms with Gasteiger partial charge in [-0.2, -0.15) is 8.78 Å². The largest absolute Gasteiger partial charge is 0.489 e. The molecule has 3 aromatic heterocycles. The lowest BCUT2D eigenvalue weighted by Gasteiger charge is -2.27. The predicted octanol–water partition coefficient (Wildman–Crippen LogP) is 3.72. The molecule has 2 atom stereocenters. The van der Waals surface area contributed by atoms with Gasteiger partial charge in [-0.05, 0) is 50.8 Å². The Morgan fingerprint density at radius 1 is 1.29 bits per heavy atom. The molecule has 0 amide bonds. The van der Waals surface area contributed by atoms with Crippen molar-refractivity contribution in [1.82, 2.24) is 29.9 Å². The lowest BCUT2D eigenvalue weighted by molar-refractivity contribution is -0.143. The summed E-state index contributed by atoms with van der Waals surface area (Å²) in [5.41, 5.74) is 2.03. The van der Waals surface area contributed by atoms with Gasteiger partial charge < -0.3 is 15.2 Å². The summed E-state index contributed by atoms with van der Waals surface area (Å²) in [4.78, 5) is 23.8. The van der Waals surface area contributed by atoms with Crippen LogP contribution in [0.1, 0.15) is 49.7 Å². The van der Waals surface area contributed by atoms with E-state index in [1.165, 1.54) is 12.3 Å². The third kappa shape index (κ3) is 5.69. The molecule has 0 spiro atoms. The second-order valence-electron chi connectivity index (χ2n) is 8.74. The van der Waals surface area contributed by atoms with Crippen molar-refractivity contribution in [3.63, 3.8) is 0 Å². The third-order valence-corrected chi connectivity index (χ3v) is 6.01. The number of halogens is 2. The molecule has 12 heteroatoms. The van der Waals surface area contributed by atoms with Crippen molar-refractivity contribution < 1.29 is 23.4 Å². The number of carbonyl (C=O) groups is 1. The number of alkyl halides is 2. The maximum Gasteiger partial charge on any atom is 0.306 e. The van der Waals surface area contributed by atoms with Crippen molar-refractivity contribution >= 4 is 11.9 Å². The second-order valence-corrected chi connectivity index (χ2v) is 8.74. The van der Waals surface area contributed by atoms with E-state index < -0.39 is 11.9 Å². The SMILES string of the molecule is Cc1nc(-c2nnn(C)c2CNc2nccc(C(C)(F)F)n2)ccc1O[C@H]1CCC[C@H](C(=O)O)C1. The summed E-state index contributed by atoms with van der Waals surface area (Å²) >= 11 is 0. The lowest BCUT2D eigenvalue weighted by atomic mass is 9.87. The van der Waals surface area contributed by atoms with E-state index in [1.807, 2.05) is 6.92 Å². The molecule has 0 saturated heterocycles. The number of aryl methyl sites for hydroxylation is 2. The molecular weight excluding hydrogens is 460 g/mol. The maximum atomic E-state index is 13.6. The van der Waals surface area contributed by atoms with E-state index in [1.54, 1.807) is 23.9 Å². The van der Waals surface area contributed by atoms with Crippen LogP contribution in [-0.2, 0) is 24.3 Å². The molecule has 3 aromatic rings. The number of anilines is 1. The molecule has 10 nitrogen and oxygen atoms in total. The summed E-state index contributed by atoms with van der Waals surface area (Å²) in [6.07, 6.45) is 3.87. The highest BCUT2D eigenvalue weighted by molar-refractivity contribution is 5.70. The number of hydrogen-bond acceptors (Lipinski definition) is 8. The molecule has 2 N–H and O–H groups in total. The Hall–Kier alpha value is -3.70. The van der Waals surface area contributed by atoms with Gasteiger partial charge in [0.05, 0.1) is 35.6 Å². The molecule has 4 rings (SSSR count). The van der Waals surface area contributed by atoms with Crippen LogP contribution in [0.5, 0.6) is 5.75 Å². The lowest BCUT2D eigenvalue weighted by Crippen LogP contribution is -2.29. The summed E-state index contributed by atoms with van der Waals surface area (Å²) in [6, 6.07) is 4.74. The number of nitrogens with one attached hydrogen (secondary N) is 1. The number of pyridine rings is 1. The van der Waals surface area contributed by atoms with Gasteiger partial charge in [0.15, 0.2) is 0 Å². The van der Waals surface area contributed by atoms with E-state index in [0.29, 0.717) is 41.4 Å². The molecule has 1 fully saturated rings. The van der Waals surface area contributed by atoms with E-state index in [-0.39, 0.29) is 30.2 Å². The van der Waals surface area contributed by atoms with Crippen molar-refractivity contribution in [2.24, 2.45) is 13.0 Å². The van der Waals surface area contributed by atoms with Crippen LogP contribution < -0.4 is 10.1 Å². The topological polar surface area (TPSA) is 128 Å². The summed E-state index contributed by atoms with van der Waals surface area (Å²) < 4.78 is 34.8. The number of ether oxygens (including phenoxy) is 1. The van der Waals surface area contributed by atoms with Crippen LogP contribution in [0.4, 0.5) is 14.7 Å². The van der Waals surface area contributed by atoms with E-state index in [4.69, 9.17) is 4.74 Å². The number of hydrogen-bond donors (Lipinski definition) is 2. The highest BCUT2D eigenvalue weighted by atomic mass is 19.3. The first kappa shape index (κ1) is 24.4. The maximum absolute atomic E-state index is 13.6. The normalized spacial score (nSPS) is 18.3. The average Bonchev–Trinajstić information content (AvgIpc) is 3.19. The van der Waals surface area contributed by atoms with Crippen molar-refractivity contribution in [2.45, 2.75) is 58.1 Å². The zero-order valence-electron chi connectivity index (χ0n) is 19.7. The first-order chi connectivity index (χ1) is 16.6. The molecule has 1 aliphatic rings. The fourth-order valence-electron chi connectivity index (χ4n) is 4.09. The van der Waals surface area contributed by atoms with Crippen LogP contribution in [0.15, 0.2) is 24.4 Å². The molecule has 3 heterocycles. The highest BCUT2D eigenvalue weighted by Crippen LogP contribution is 2.31. The fourth-order valence-corrected chi connectivity index (χ4v) is 4.09. The Kier molecular flexibility index (Phi) is 6.90. The minimum atomic E-state index is -3.07. The molecule has 0 aliphatic heterocycles. The Labute approximate surface area is 200 Å². The zero-order valence-corrected chi connectivity index (χ0v) is 19.7. The van der Waals surface area contributed by atoms with Gasteiger partial charge in [0.2, 0.25) is 5.95 Å². The molecule has 0 unspecified atom stereocenters. The molecular formula is C23H27F2N7O3. The van der Waals surface area contributed by atoms with Crippen LogP contribution in [-0.4, -0.2) is 47.1 Å². The molecule has 1 saturated carbocycles. The Balaban J connectivity index is 1.49. The summed E-state index contributed by atoms with van der Waals surface area (Å²) in [5.74, 6) is -3.58. The molecule has 0 radical (unpaired) electrons. The minimum absolute atomic E-state index is 0.0659. The van der Waals surface area contributed by atoms with Crippen LogP contribution in [0.25, 0.3) is 11.4 Å². The Morgan fingerprint density at radius 3 is 2.80 bits per heavy atom. The summed E-state index contributed by atoms with van der Waals surface area (Å²) in [7, 11) is 1.72. The first-order valence-corrected chi connectivity index (χ1v) is 11.3. The number of carboxylic acid groups (broad SMARTS) is 1. The second kappa shape index (κ2) is 9.88. The van der Waals surface area contributed by atoms with Gasteiger partial charge in [0, 0.05) is 20.2 Å². The van der Waals surface area contributed by atoms with E-state index >= 15 is 0 Å². The van der Waals surface area contributed by atoms with E-state index in [0.717, 1.165) is 19.8 Å². The summed E-state index contributed by atoms with van der Waals surface area (Å²) in [5, 5.41) is 20.5. The van der Waals surface area contributed by atoms with Gasteiger partial charge in [-0.3, -0.25) is 4.79 Å². The average molecular weight is 488 g/mol. The van der Waals surface area contributed by atoms with Crippen molar-refractivity contribution in [3.8, 4) is 17.1 Å². The zero-order chi connectivity index (χ0) is 25.2. The van der Waals surface area contributed by atoms with E-state index in [9.17, 15) is 18.7 Å². The van der Waals surface area contributed by atoms with Gasteiger partial charge in [-0.15, -0.1) is 5.10 Å². The first-order valence-electron chi connectivity index (χ1n) is 11.3. The molecule has 35 heavy (non-hydrogen) atoms. The van der Waals surface area contributed by atoms with Gasteiger partial charge >= 0.3 is 5.97 Å². The molecule has 0 aromatic carbocycles. The number of carboxylic acids is 1. The molecule has 186 valence electrons. The van der Waals surface area contributed by atoms with E-state index in [2.05, 4.69) is 30.6 Å². The Bertz CT molecular complexity index is 1210. The van der Waals surface area contributed by atoms with Crippen LogP contribution in [0, 0.1) is 12.8 Å². The fraction of sp³-hybridized carbons (Fsp3) is 0.478. The van der Waals surface area contributed by atoms with Crippen LogP contribution in [0.2, 0.25) is 0 Å². The number of rotatable bonds is 8. The Morgan fingerprint density at radius 2 is 2.09 bits per heavy atom. The minimum Gasteiger partial charge on any atom is -0.489 e. The van der Waals surface area contributed by atoms with Crippen LogP contribution in [0.3, 0.4) is 0 Å². The van der Waals surface area contributed by atoms with Gasteiger partial charge in [0.25, 0.3) is 5.92 Å². The van der Waals surface area contributed by atoms with Crippen molar-refractivity contribution in [2.75, 3.05) is 5.32 Å². The standard InChI is InChI=1S/C23H27F2N7O3/c1-13-18(35-15-6-4-5-14(11-15)21(33)34)8-7-16(28-13)20-17(32(3)31-30-20)12-27-22-26-10-9-19(29-22)23(2,24)25/h7-10,14-15H,4-6,11-12H2,1-3H3,(H,33,34)(H,26,27,29)/t14-,15-/m0/s1. The van der Waals surface area contributed by atoms with Gasteiger partial charge in [-0.25, -0.2) is 19.6 Å². The number of aliphatic carboxylic acids is 1. The third-order valence-electron chi connectivity index (χ3n) is 6.01. The smallest absolute Gasteiger partial charge is 0.306 e. The number of nitrogens with zero attached hydrogens (tertiary/aromatic N) is 6. The number of aromatic nitrogens is 6. The summed E-state index contributed by atoms with van der Waals surface area (Å²) in [6.45, 7) is 2.78. The molecule has 1 aliphatic carbocycles. The van der Waals surface area contributed by atoms with Crippen LogP contribution >= 0.6 is 0 Å². The predicted molar refractivity (Wildman–Crippen MR) is 122 cm³/mol. The monoisotopic (exact) mass is 487 g/mol. The van der Waals surface area contributed by atoms with Crippen molar-refractivity contribution in [1.29, 1.82) is 0 Å².